The monoisotopic (exact) mass is 325 g/mol. The molecule has 5 N–H and O–H groups in total. The average Bonchev–Trinajstić information content (AvgIpc) is 2.80. The van der Waals surface area contributed by atoms with Crippen LogP contribution in [0.4, 0.5) is 5.95 Å². The van der Waals surface area contributed by atoms with E-state index in [-0.39, 0.29) is 11.7 Å². The first kappa shape index (κ1) is 15.1. The topological polar surface area (TPSA) is 124 Å². The highest BCUT2D eigenvalue weighted by Gasteiger charge is 2.10. The maximum atomic E-state index is 10.7. The number of amides is 1. The van der Waals surface area contributed by atoms with E-state index in [1.165, 1.54) is 10.9 Å². The molecule has 0 atom stereocenters. The largest absolute Gasteiger partial charge is 0.369 e. The molecule has 0 radical (unpaired) electrons. The Balaban J connectivity index is 2.01. The number of thioether (sulfide) groups is 1. The van der Waals surface area contributed by atoms with Crippen LogP contribution in [0.5, 0.6) is 0 Å². The quantitative estimate of drug-likeness (QED) is 0.310. The van der Waals surface area contributed by atoms with Crippen molar-refractivity contribution in [2.75, 3.05) is 17.0 Å². The molecule has 0 saturated carbocycles. The Morgan fingerprint density at radius 2 is 2.24 bits per heavy atom. The summed E-state index contributed by atoms with van der Waals surface area (Å²) in [7, 11) is 0. The molecule has 0 aliphatic carbocycles. The minimum Gasteiger partial charge on any atom is -0.369 e. The second-order valence-electron chi connectivity index (χ2n) is 3.82. The summed E-state index contributed by atoms with van der Waals surface area (Å²) in [6.45, 7) is 0. The van der Waals surface area contributed by atoms with Gasteiger partial charge in [0, 0.05) is 10.6 Å². The number of aromatic nitrogens is 3. The van der Waals surface area contributed by atoms with E-state index in [4.69, 9.17) is 23.2 Å². The molecule has 10 heteroatoms. The predicted octanol–water partition coefficient (Wildman–Crippen LogP) is 0.669. The molecule has 0 bridgehead atoms. The Bertz CT molecular complexity index is 672. The smallest absolute Gasteiger partial charge is 0.264 e. The van der Waals surface area contributed by atoms with Gasteiger partial charge in [-0.3, -0.25) is 4.79 Å². The number of nitrogens with zero attached hydrogens (tertiary/aromatic N) is 4. The van der Waals surface area contributed by atoms with Crippen molar-refractivity contribution in [1.29, 1.82) is 0 Å². The number of benzene rings is 1. The number of primary amides is 1. The zero-order valence-corrected chi connectivity index (χ0v) is 12.3. The first-order valence-corrected chi connectivity index (χ1v) is 7.09. The van der Waals surface area contributed by atoms with Gasteiger partial charge in [0.1, 0.15) is 0 Å². The van der Waals surface area contributed by atoms with Gasteiger partial charge in [0.15, 0.2) is 0 Å². The number of hydrazone groups is 1. The molecular weight excluding hydrogens is 314 g/mol. The third-order valence-electron chi connectivity index (χ3n) is 2.28. The van der Waals surface area contributed by atoms with Crippen molar-refractivity contribution in [2.24, 2.45) is 10.8 Å². The molecule has 1 aromatic carbocycles. The highest BCUT2D eigenvalue weighted by atomic mass is 35.5. The Labute approximate surface area is 129 Å². The number of carbonyl (C=O) groups excluding carboxylic acids is 1. The summed E-state index contributed by atoms with van der Waals surface area (Å²) in [5.74, 6) is 5.59. The number of rotatable bonds is 6. The lowest BCUT2D eigenvalue weighted by molar-refractivity contribution is -0.115. The van der Waals surface area contributed by atoms with Crippen molar-refractivity contribution < 1.29 is 4.79 Å². The molecule has 0 fully saturated rings. The van der Waals surface area contributed by atoms with Gasteiger partial charge in [0.2, 0.25) is 11.1 Å². The van der Waals surface area contributed by atoms with Crippen molar-refractivity contribution in [3.8, 4) is 0 Å². The second kappa shape index (κ2) is 6.95. The molecule has 1 amide bonds. The van der Waals surface area contributed by atoms with Gasteiger partial charge in [0.25, 0.3) is 5.95 Å². The van der Waals surface area contributed by atoms with Crippen LogP contribution in [0.15, 0.2) is 34.5 Å². The van der Waals surface area contributed by atoms with Gasteiger partial charge in [-0.05, 0) is 6.07 Å². The van der Waals surface area contributed by atoms with E-state index in [0.717, 1.165) is 17.3 Å². The lowest BCUT2D eigenvalue weighted by Crippen LogP contribution is -2.16. The summed E-state index contributed by atoms with van der Waals surface area (Å²) in [5.41, 5.74) is 8.44. The van der Waals surface area contributed by atoms with E-state index in [0.29, 0.717) is 10.2 Å². The summed E-state index contributed by atoms with van der Waals surface area (Å²) < 4.78 is 1.18. The number of hydrogen-bond acceptors (Lipinski definition) is 7. The summed E-state index contributed by atoms with van der Waals surface area (Å²) in [5, 5.41) is 12.5. The minimum atomic E-state index is -0.464. The van der Waals surface area contributed by atoms with Gasteiger partial charge in [-0.1, -0.05) is 41.6 Å². The summed E-state index contributed by atoms with van der Waals surface area (Å²) in [6, 6.07) is 7.24. The van der Waals surface area contributed by atoms with Crippen molar-refractivity contribution in [3.05, 3.63) is 34.9 Å². The highest BCUT2D eigenvalue weighted by Crippen LogP contribution is 2.16. The molecule has 0 saturated heterocycles. The third kappa shape index (κ3) is 4.10. The summed E-state index contributed by atoms with van der Waals surface area (Å²) in [6.07, 6.45) is 1.53. The van der Waals surface area contributed by atoms with Gasteiger partial charge >= 0.3 is 0 Å². The Hall–Kier alpha value is -2.26. The van der Waals surface area contributed by atoms with Gasteiger partial charge < -0.3 is 11.6 Å². The molecule has 1 aromatic heterocycles. The van der Waals surface area contributed by atoms with Crippen LogP contribution in [0.25, 0.3) is 0 Å². The standard InChI is InChI=1S/C11H12ClN7OS/c12-8-4-2-1-3-7(8)5-15-16-10-17-18-11(19(10)14)21-6-9(13)20/h1-5H,6,14H2,(H2,13,20)(H,16,17)/b15-5+. The minimum absolute atomic E-state index is 0.0677. The number of anilines is 1. The van der Waals surface area contributed by atoms with Crippen LogP contribution in [-0.2, 0) is 4.79 Å². The second-order valence-corrected chi connectivity index (χ2v) is 5.17. The average molecular weight is 326 g/mol. The first-order chi connectivity index (χ1) is 10.1. The molecule has 8 nitrogen and oxygen atoms in total. The SMILES string of the molecule is NC(=O)CSc1nnc(N/N=C/c2ccccc2Cl)n1N. The van der Waals surface area contributed by atoms with E-state index in [1.54, 1.807) is 6.07 Å². The van der Waals surface area contributed by atoms with E-state index >= 15 is 0 Å². The lowest BCUT2D eigenvalue weighted by atomic mass is 10.2. The van der Waals surface area contributed by atoms with E-state index in [2.05, 4.69) is 20.7 Å². The maximum Gasteiger partial charge on any atom is 0.264 e. The van der Waals surface area contributed by atoms with Crippen molar-refractivity contribution in [1.82, 2.24) is 14.9 Å². The van der Waals surface area contributed by atoms with E-state index in [1.807, 2.05) is 18.2 Å². The molecule has 1 heterocycles. The number of hydrogen-bond donors (Lipinski definition) is 3. The van der Waals surface area contributed by atoms with Crippen molar-refractivity contribution in [3.63, 3.8) is 0 Å². The van der Waals surface area contributed by atoms with Crippen LogP contribution in [0.3, 0.4) is 0 Å². The van der Waals surface area contributed by atoms with Gasteiger partial charge in [-0.15, -0.1) is 10.2 Å². The molecule has 0 unspecified atom stereocenters. The molecular formula is C11H12ClN7OS. The number of nitrogen functional groups attached to an aromatic ring is 1. The fraction of sp³-hybridized carbons (Fsp3) is 0.0909. The van der Waals surface area contributed by atoms with Crippen LogP contribution < -0.4 is 17.0 Å². The van der Waals surface area contributed by atoms with E-state index in [9.17, 15) is 4.79 Å². The van der Waals surface area contributed by atoms with Crippen molar-refractivity contribution in [2.45, 2.75) is 5.16 Å². The van der Waals surface area contributed by atoms with Crippen LogP contribution in [0.1, 0.15) is 5.56 Å². The molecule has 0 aliphatic heterocycles. The summed E-state index contributed by atoms with van der Waals surface area (Å²) >= 11 is 7.07. The zero-order chi connectivity index (χ0) is 15.2. The highest BCUT2D eigenvalue weighted by molar-refractivity contribution is 7.99. The maximum absolute atomic E-state index is 10.7. The van der Waals surface area contributed by atoms with Gasteiger partial charge in [0.05, 0.1) is 12.0 Å². The Kier molecular flexibility index (Phi) is 5.01. The van der Waals surface area contributed by atoms with Crippen LogP contribution >= 0.6 is 23.4 Å². The fourth-order valence-electron chi connectivity index (χ4n) is 1.33. The van der Waals surface area contributed by atoms with Crippen LogP contribution in [0, 0.1) is 0 Å². The molecule has 0 aliphatic rings. The van der Waals surface area contributed by atoms with Crippen LogP contribution in [-0.4, -0.2) is 32.7 Å². The molecule has 2 rings (SSSR count). The lowest BCUT2D eigenvalue weighted by Gasteiger charge is -2.01. The molecule has 2 aromatic rings. The Morgan fingerprint density at radius 1 is 1.48 bits per heavy atom. The predicted molar refractivity (Wildman–Crippen MR) is 82.8 cm³/mol. The van der Waals surface area contributed by atoms with Crippen LogP contribution in [0.2, 0.25) is 5.02 Å². The van der Waals surface area contributed by atoms with E-state index < -0.39 is 5.91 Å². The first-order valence-electron chi connectivity index (χ1n) is 5.73. The Morgan fingerprint density at radius 3 is 2.95 bits per heavy atom. The van der Waals surface area contributed by atoms with Gasteiger partial charge in [-0.2, -0.15) is 5.10 Å². The van der Waals surface area contributed by atoms with Gasteiger partial charge in [-0.25, -0.2) is 10.1 Å². The molecule has 0 spiro atoms. The normalized spacial score (nSPS) is 10.9. The third-order valence-corrected chi connectivity index (χ3v) is 3.59. The van der Waals surface area contributed by atoms with Crippen molar-refractivity contribution >= 4 is 41.4 Å². The number of halogens is 1. The number of nitrogens with two attached hydrogens (primary N) is 2. The molecule has 21 heavy (non-hydrogen) atoms. The fourth-order valence-corrected chi connectivity index (χ4v) is 2.11. The summed E-state index contributed by atoms with van der Waals surface area (Å²) in [4.78, 5) is 10.7. The molecule has 110 valence electrons. The zero-order valence-electron chi connectivity index (χ0n) is 10.7. The number of carbonyl (C=O) groups is 1. The number of nitrogens with one attached hydrogen (secondary N) is 1.